The van der Waals surface area contributed by atoms with Gasteiger partial charge in [-0.05, 0) is 22.2 Å². The van der Waals surface area contributed by atoms with Crippen molar-refractivity contribution in [3.8, 4) is 0 Å². The van der Waals surface area contributed by atoms with Gasteiger partial charge in [0.05, 0.1) is 12.8 Å². The lowest BCUT2D eigenvalue weighted by atomic mass is 10.1. The van der Waals surface area contributed by atoms with Crippen molar-refractivity contribution in [3.05, 3.63) is 11.4 Å². The summed E-state index contributed by atoms with van der Waals surface area (Å²) in [6.07, 6.45) is 16.3. The Balaban J connectivity index is 0.00000480. The summed E-state index contributed by atoms with van der Waals surface area (Å²) in [6, 6.07) is 0. The van der Waals surface area contributed by atoms with E-state index in [-0.39, 0.29) is 24.8 Å². The molecular weight excluding hydrogens is 451 g/mol. The van der Waals surface area contributed by atoms with Crippen LogP contribution < -0.4 is 45.6 Å². The Labute approximate surface area is 205 Å². The van der Waals surface area contributed by atoms with Crippen LogP contribution in [-0.2, 0) is 25.9 Å². The predicted molar refractivity (Wildman–Crippen MR) is 116 cm³/mol. The molecule has 2 heterocycles. The maximum atomic E-state index is 6.04. The minimum atomic E-state index is 0. The zero-order valence-electron chi connectivity index (χ0n) is 19.8. The van der Waals surface area contributed by atoms with Crippen molar-refractivity contribution in [1.29, 1.82) is 0 Å². The van der Waals surface area contributed by atoms with Crippen molar-refractivity contribution >= 4 is 11.8 Å². The number of halogens is 2. The van der Waals surface area contributed by atoms with Gasteiger partial charge < -0.3 is 36.3 Å². The van der Waals surface area contributed by atoms with Crippen LogP contribution in [0.1, 0.15) is 102 Å². The van der Waals surface area contributed by atoms with Crippen LogP contribution in [0.5, 0.6) is 0 Å². The Morgan fingerprint density at radius 2 is 0.938 bits per heavy atom. The fourth-order valence-electron chi connectivity index (χ4n) is 3.82. The Bertz CT molecular complexity index is 663. The van der Waals surface area contributed by atoms with Crippen molar-refractivity contribution in [3.63, 3.8) is 0 Å². The molecule has 4 N–H and O–H groups in total. The van der Waals surface area contributed by atoms with Crippen LogP contribution >= 0.6 is 0 Å². The van der Waals surface area contributed by atoms with Crippen molar-refractivity contribution in [2.24, 2.45) is 0 Å². The lowest BCUT2D eigenvalue weighted by Gasteiger charge is -1.98. The Hall–Kier alpha value is -1.54. The number of anilines is 2. The highest BCUT2D eigenvalue weighted by Crippen LogP contribution is 2.14. The van der Waals surface area contributed by atoms with Crippen LogP contribution in [0.25, 0.3) is 0 Å². The molecule has 0 spiro atoms. The number of aryl methyl sites for hydroxylation is 2. The summed E-state index contributed by atoms with van der Waals surface area (Å²) in [4.78, 5) is 0. The Kier molecular flexibility index (Phi) is 17.1. The second-order valence-corrected chi connectivity index (χ2v) is 8.25. The zero-order valence-corrected chi connectivity index (χ0v) is 21.3. The number of nitrogens with two attached hydrogens (primary N) is 2. The van der Waals surface area contributed by atoms with Crippen molar-refractivity contribution in [2.45, 2.75) is 117 Å². The number of hydrogen-bond donors (Lipinski definition) is 2. The molecule has 2 aromatic heterocycles. The van der Waals surface area contributed by atoms with Gasteiger partial charge in [-0.2, -0.15) is 0 Å². The molecule has 0 saturated heterocycles. The molecule has 2 rings (SSSR count). The van der Waals surface area contributed by atoms with Crippen LogP contribution in [0.3, 0.4) is 0 Å². The molecule has 0 aliphatic heterocycles. The smallest absolute Gasteiger partial charge is 0.296 e. The van der Waals surface area contributed by atoms with Crippen LogP contribution in [0.15, 0.2) is 9.05 Å². The molecule has 0 atom stereocenters. The number of hydrogen-bond acceptors (Lipinski definition) is 6. The standard InChI is InChI=1S/C22H42N6O2.2ClH/c1-3-5-7-9-11-13-17-27-19(21(23)29-25-27)15-16-20-22(24)30-26-28(20)18-14-12-10-8-6-4-2;;/h3-18,23-24H2,1-2H3;2*1H/q+2;;/p-2. The van der Waals surface area contributed by atoms with E-state index in [1.165, 1.54) is 64.2 Å². The van der Waals surface area contributed by atoms with Gasteiger partial charge in [-0.25, -0.2) is 0 Å². The van der Waals surface area contributed by atoms with Gasteiger partial charge in [-0.15, -0.1) is 0 Å². The molecule has 0 aromatic carbocycles. The van der Waals surface area contributed by atoms with E-state index in [4.69, 9.17) is 20.5 Å². The molecule has 0 radical (unpaired) electrons. The summed E-state index contributed by atoms with van der Waals surface area (Å²) >= 11 is 0. The summed E-state index contributed by atoms with van der Waals surface area (Å²) in [5.41, 5.74) is 13.9. The second-order valence-electron chi connectivity index (χ2n) is 8.25. The number of nitrogen functional groups attached to an aromatic ring is 2. The van der Waals surface area contributed by atoms with Gasteiger partial charge in [-0.3, -0.25) is 9.05 Å². The number of rotatable bonds is 17. The van der Waals surface area contributed by atoms with E-state index >= 15 is 0 Å². The van der Waals surface area contributed by atoms with E-state index in [0.29, 0.717) is 24.6 Å². The number of unbranched alkanes of at least 4 members (excludes halogenated alkanes) is 10. The molecule has 0 aliphatic rings. The third-order valence-corrected chi connectivity index (χ3v) is 5.71. The number of aromatic nitrogens is 4. The van der Waals surface area contributed by atoms with E-state index in [0.717, 1.165) is 37.3 Å². The molecule has 8 nitrogen and oxygen atoms in total. The van der Waals surface area contributed by atoms with Crippen LogP contribution in [0.4, 0.5) is 11.8 Å². The van der Waals surface area contributed by atoms with Gasteiger partial charge in [0.2, 0.25) is 10.5 Å². The van der Waals surface area contributed by atoms with Gasteiger partial charge in [0, 0.05) is 12.8 Å². The molecule has 0 unspecified atom stereocenters. The van der Waals surface area contributed by atoms with Crippen molar-refractivity contribution < 1.29 is 43.2 Å². The van der Waals surface area contributed by atoms with Crippen molar-refractivity contribution in [2.75, 3.05) is 11.5 Å². The summed E-state index contributed by atoms with van der Waals surface area (Å²) in [7, 11) is 0. The normalized spacial score (nSPS) is 10.7. The van der Waals surface area contributed by atoms with E-state index in [9.17, 15) is 0 Å². The first-order valence-electron chi connectivity index (χ1n) is 12.0. The molecule has 0 saturated carbocycles. The van der Waals surface area contributed by atoms with Crippen LogP contribution in [0.2, 0.25) is 0 Å². The predicted octanol–water partition coefficient (Wildman–Crippen LogP) is -2.08. The lowest BCUT2D eigenvalue weighted by Crippen LogP contribution is -3.00. The highest BCUT2D eigenvalue weighted by molar-refractivity contribution is 5.29. The van der Waals surface area contributed by atoms with Gasteiger partial charge in [0.15, 0.2) is 13.1 Å². The van der Waals surface area contributed by atoms with Crippen molar-refractivity contribution in [1.82, 2.24) is 10.5 Å². The fourth-order valence-corrected chi connectivity index (χ4v) is 3.82. The van der Waals surface area contributed by atoms with Gasteiger partial charge in [0.1, 0.15) is 0 Å². The van der Waals surface area contributed by atoms with Gasteiger partial charge in [-0.1, -0.05) is 65.2 Å². The molecular formula is C22H42Cl2N6O2. The summed E-state index contributed by atoms with van der Waals surface area (Å²) in [5, 5.41) is 8.24. The van der Waals surface area contributed by atoms with Crippen LogP contribution in [0, 0.1) is 0 Å². The molecule has 32 heavy (non-hydrogen) atoms. The first-order valence-corrected chi connectivity index (χ1v) is 12.0. The minimum Gasteiger partial charge on any atom is -1.00 e. The molecule has 0 aliphatic carbocycles. The monoisotopic (exact) mass is 492 g/mol. The van der Waals surface area contributed by atoms with E-state index < -0.39 is 0 Å². The Morgan fingerprint density at radius 3 is 1.31 bits per heavy atom. The molecule has 10 heteroatoms. The summed E-state index contributed by atoms with van der Waals surface area (Å²) < 4.78 is 14.3. The van der Waals surface area contributed by atoms with Gasteiger partial charge >= 0.3 is 0 Å². The molecule has 0 bridgehead atoms. The van der Waals surface area contributed by atoms with E-state index in [2.05, 4.69) is 24.4 Å². The molecule has 186 valence electrons. The third-order valence-electron chi connectivity index (χ3n) is 5.71. The third kappa shape index (κ3) is 10.4. The fraction of sp³-hybridized carbons (Fsp3) is 0.818. The minimum absolute atomic E-state index is 0. The first-order chi connectivity index (χ1) is 14.7. The van der Waals surface area contributed by atoms with E-state index in [1.807, 2.05) is 9.36 Å². The summed E-state index contributed by atoms with van der Waals surface area (Å²) in [5.74, 6) is 0.775. The topological polar surface area (TPSA) is 112 Å². The zero-order chi connectivity index (χ0) is 21.6. The quantitative estimate of drug-likeness (QED) is 0.193. The van der Waals surface area contributed by atoms with Crippen LogP contribution in [-0.4, -0.2) is 10.5 Å². The maximum Gasteiger partial charge on any atom is 0.296 e. The second kappa shape index (κ2) is 18.0. The van der Waals surface area contributed by atoms with Gasteiger partial charge in [0.25, 0.3) is 23.2 Å². The van der Waals surface area contributed by atoms with E-state index in [1.54, 1.807) is 0 Å². The molecule has 0 amide bonds. The Morgan fingerprint density at radius 1 is 0.594 bits per heavy atom. The highest BCUT2D eigenvalue weighted by atomic mass is 35.5. The molecule has 2 aromatic rings. The average molecular weight is 494 g/mol. The molecule has 0 fully saturated rings. The SMILES string of the molecule is CCCCCCCC[n+]1noc(N)c1CCc1c(N)on[n+]1CCCCCCCC.[Cl-].[Cl-]. The lowest BCUT2D eigenvalue weighted by molar-refractivity contribution is -0.772. The average Bonchev–Trinajstić information content (AvgIpc) is 3.27. The maximum absolute atomic E-state index is 6.04. The first kappa shape index (κ1) is 30.5. The largest absolute Gasteiger partial charge is 1.00 e. The number of nitrogens with zero attached hydrogens (tertiary/aromatic N) is 4. The highest BCUT2D eigenvalue weighted by Gasteiger charge is 2.27. The summed E-state index contributed by atoms with van der Waals surface area (Å²) in [6.45, 7) is 6.14.